The van der Waals surface area contributed by atoms with Crippen molar-refractivity contribution < 1.29 is 9.90 Å². The molecule has 126 valence electrons. The predicted octanol–water partition coefficient (Wildman–Crippen LogP) is 4.04. The number of nitrogens with zero attached hydrogens (tertiary/aromatic N) is 3. The Morgan fingerprint density at radius 2 is 2.00 bits per heavy atom. The Balaban J connectivity index is 0.000000891. The summed E-state index contributed by atoms with van der Waals surface area (Å²) in [6.07, 6.45) is 1.77. The average Bonchev–Trinajstić information content (AvgIpc) is 2.55. The monoisotopic (exact) mass is 343 g/mol. The zero-order valence-electron chi connectivity index (χ0n) is 14.0. The van der Waals surface area contributed by atoms with Gasteiger partial charge in [0.05, 0.1) is 11.4 Å². The maximum Gasteiger partial charge on any atom is 0.290 e. The van der Waals surface area contributed by atoms with Crippen molar-refractivity contribution in [2.75, 3.05) is 14.1 Å². The molecule has 0 fully saturated rings. The van der Waals surface area contributed by atoms with Crippen LogP contribution in [0.5, 0.6) is 0 Å². The van der Waals surface area contributed by atoms with Crippen LogP contribution in [0.3, 0.4) is 0 Å². The van der Waals surface area contributed by atoms with E-state index in [-0.39, 0.29) is 6.47 Å². The van der Waals surface area contributed by atoms with Crippen LogP contribution in [0.2, 0.25) is 0 Å². The molecular formula is C18H21N3O2S. The number of rotatable bonds is 3. The van der Waals surface area contributed by atoms with E-state index in [1.54, 1.807) is 6.20 Å². The van der Waals surface area contributed by atoms with Gasteiger partial charge in [0.2, 0.25) is 0 Å². The summed E-state index contributed by atoms with van der Waals surface area (Å²) < 4.78 is 0. The number of aryl methyl sites for hydroxylation is 1. The molecule has 1 aromatic carbocycles. The van der Waals surface area contributed by atoms with Crippen molar-refractivity contribution in [2.45, 2.75) is 6.92 Å². The van der Waals surface area contributed by atoms with Gasteiger partial charge in [-0.2, -0.15) is 0 Å². The maximum atomic E-state index is 8.36. The van der Waals surface area contributed by atoms with Crippen LogP contribution in [0.1, 0.15) is 11.3 Å². The van der Waals surface area contributed by atoms with Gasteiger partial charge in [0.15, 0.2) is 5.17 Å². The molecule has 0 bridgehead atoms. The number of benzene rings is 1. The van der Waals surface area contributed by atoms with Crippen LogP contribution in [0.4, 0.5) is 5.69 Å². The van der Waals surface area contributed by atoms with Crippen molar-refractivity contribution >= 4 is 34.0 Å². The highest BCUT2D eigenvalue weighted by atomic mass is 32.2. The summed E-state index contributed by atoms with van der Waals surface area (Å²) in [5.74, 6) is 0. The first-order valence-corrected chi connectivity index (χ1v) is 7.98. The second kappa shape index (κ2) is 10.2. The molecule has 2 rings (SSSR count). The van der Waals surface area contributed by atoms with E-state index in [0.29, 0.717) is 0 Å². The summed E-state index contributed by atoms with van der Waals surface area (Å²) in [5, 5.41) is 7.77. The van der Waals surface area contributed by atoms with E-state index in [0.717, 1.165) is 21.5 Å². The quantitative estimate of drug-likeness (QED) is 0.517. The summed E-state index contributed by atoms with van der Waals surface area (Å²) in [4.78, 5) is 20.3. The lowest BCUT2D eigenvalue weighted by Crippen LogP contribution is -2.18. The Morgan fingerprint density at radius 1 is 1.29 bits per heavy atom. The Bertz CT molecular complexity index is 700. The molecule has 24 heavy (non-hydrogen) atoms. The number of pyridine rings is 1. The number of amidine groups is 1. The number of hydrogen-bond donors (Lipinski definition) is 1. The fourth-order valence-electron chi connectivity index (χ4n) is 1.71. The van der Waals surface area contributed by atoms with Gasteiger partial charge >= 0.3 is 0 Å². The fourth-order valence-corrected chi connectivity index (χ4v) is 2.49. The summed E-state index contributed by atoms with van der Waals surface area (Å²) in [6.45, 7) is 5.91. The van der Waals surface area contributed by atoms with Gasteiger partial charge in [-0.3, -0.25) is 9.78 Å². The van der Waals surface area contributed by atoms with E-state index in [1.165, 1.54) is 17.3 Å². The Morgan fingerprint density at radius 3 is 2.54 bits per heavy atom. The first-order valence-electron chi connectivity index (χ1n) is 7.16. The summed E-state index contributed by atoms with van der Waals surface area (Å²) in [7, 11) is 3.96. The highest BCUT2D eigenvalue weighted by molar-refractivity contribution is 8.21. The molecule has 6 heteroatoms. The lowest BCUT2D eigenvalue weighted by Gasteiger charge is -2.16. The van der Waals surface area contributed by atoms with Gasteiger partial charge in [-0.1, -0.05) is 36.5 Å². The molecule has 1 heterocycles. The topological polar surface area (TPSA) is 65.8 Å². The molecule has 0 saturated heterocycles. The first kappa shape index (κ1) is 19.4. The largest absolute Gasteiger partial charge is 0.483 e. The highest BCUT2D eigenvalue weighted by Crippen LogP contribution is 2.28. The van der Waals surface area contributed by atoms with Crippen molar-refractivity contribution in [2.24, 2.45) is 4.99 Å². The fraction of sp³-hybridized carbons (Fsp3) is 0.167. The maximum absolute atomic E-state index is 8.36. The minimum absolute atomic E-state index is 0.250. The van der Waals surface area contributed by atoms with Crippen LogP contribution in [0.15, 0.2) is 60.2 Å². The molecule has 0 saturated carbocycles. The molecule has 0 aliphatic carbocycles. The normalized spacial score (nSPS) is 10.4. The lowest BCUT2D eigenvalue weighted by atomic mass is 10.2. The van der Waals surface area contributed by atoms with Crippen molar-refractivity contribution in [3.8, 4) is 0 Å². The third kappa shape index (κ3) is 6.66. The predicted molar refractivity (Wildman–Crippen MR) is 102 cm³/mol. The molecule has 0 atom stereocenters. The number of aromatic nitrogens is 1. The molecule has 1 N–H and O–H groups in total. The molecule has 0 spiro atoms. The second-order valence-electron chi connectivity index (χ2n) is 4.97. The number of carboxylic acid groups (broad SMARTS) is 1. The minimum atomic E-state index is -0.250. The molecular weight excluding hydrogens is 322 g/mol. The van der Waals surface area contributed by atoms with Crippen molar-refractivity contribution in [3.05, 3.63) is 66.5 Å². The lowest BCUT2D eigenvalue weighted by molar-refractivity contribution is -0.122. The van der Waals surface area contributed by atoms with Gasteiger partial charge in [0.1, 0.15) is 0 Å². The summed E-state index contributed by atoms with van der Waals surface area (Å²) in [6, 6.07) is 14.0. The van der Waals surface area contributed by atoms with Crippen LogP contribution < -0.4 is 0 Å². The van der Waals surface area contributed by atoms with E-state index in [2.05, 4.69) is 30.6 Å². The standard InChI is InChI=1S/C17H19N3S.CH2O2/c1-13-8-7-9-15(12-13)19-17(20(3)4)21-14(2)16-10-5-6-11-18-16;2-1-3/h5-12H,2H2,1,3-4H3;1H,(H,2,3). The minimum Gasteiger partial charge on any atom is -0.483 e. The van der Waals surface area contributed by atoms with E-state index in [1.807, 2.05) is 49.3 Å². The smallest absolute Gasteiger partial charge is 0.290 e. The van der Waals surface area contributed by atoms with Crippen molar-refractivity contribution in [1.29, 1.82) is 0 Å². The van der Waals surface area contributed by atoms with Gasteiger partial charge < -0.3 is 10.0 Å². The van der Waals surface area contributed by atoms with Crippen LogP contribution in [0, 0.1) is 6.92 Å². The zero-order valence-corrected chi connectivity index (χ0v) is 14.8. The molecule has 2 aromatic rings. The van der Waals surface area contributed by atoms with Gasteiger partial charge in [0.25, 0.3) is 6.47 Å². The summed E-state index contributed by atoms with van der Waals surface area (Å²) >= 11 is 1.53. The average molecular weight is 343 g/mol. The Kier molecular flexibility index (Phi) is 8.29. The van der Waals surface area contributed by atoms with E-state index < -0.39 is 0 Å². The first-order chi connectivity index (χ1) is 11.5. The number of aliphatic imine (C=N–C) groups is 1. The molecule has 0 unspecified atom stereocenters. The van der Waals surface area contributed by atoms with Crippen molar-refractivity contribution in [3.63, 3.8) is 0 Å². The Hall–Kier alpha value is -2.60. The van der Waals surface area contributed by atoms with E-state index in [9.17, 15) is 0 Å². The third-order valence-corrected chi connectivity index (χ3v) is 3.87. The highest BCUT2D eigenvalue weighted by Gasteiger charge is 2.09. The molecule has 5 nitrogen and oxygen atoms in total. The van der Waals surface area contributed by atoms with Crippen molar-refractivity contribution in [1.82, 2.24) is 9.88 Å². The molecule has 0 aliphatic rings. The molecule has 0 radical (unpaired) electrons. The SMILES string of the molecule is C=C(SC(=Nc1cccc(C)c1)N(C)C)c1ccccn1.O=CO. The third-order valence-electron chi connectivity index (χ3n) is 2.77. The zero-order chi connectivity index (χ0) is 17.9. The van der Waals surface area contributed by atoms with Crippen LogP contribution in [0.25, 0.3) is 4.91 Å². The van der Waals surface area contributed by atoms with Crippen LogP contribution in [-0.2, 0) is 4.79 Å². The number of thioether (sulfide) groups is 1. The van der Waals surface area contributed by atoms with Crippen LogP contribution >= 0.6 is 11.8 Å². The second-order valence-corrected chi connectivity index (χ2v) is 6.04. The Labute approximate surface area is 146 Å². The summed E-state index contributed by atoms with van der Waals surface area (Å²) in [5.41, 5.74) is 3.02. The number of carbonyl (C=O) groups is 1. The van der Waals surface area contributed by atoms with Crippen LogP contribution in [-0.4, -0.2) is 40.7 Å². The van der Waals surface area contributed by atoms with Gasteiger partial charge in [-0.25, -0.2) is 4.99 Å². The molecule has 0 aliphatic heterocycles. The number of hydrogen-bond acceptors (Lipinski definition) is 4. The van der Waals surface area contributed by atoms with Gasteiger partial charge in [-0.15, -0.1) is 0 Å². The van der Waals surface area contributed by atoms with Gasteiger partial charge in [0, 0.05) is 25.2 Å². The van der Waals surface area contributed by atoms with E-state index in [4.69, 9.17) is 14.9 Å². The van der Waals surface area contributed by atoms with Gasteiger partial charge in [-0.05, 0) is 36.8 Å². The van der Waals surface area contributed by atoms with E-state index >= 15 is 0 Å². The molecule has 0 amide bonds. The molecule has 1 aromatic heterocycles.